The molecule has 0 N–H and O–H groups in total. The number of ether oxygens (including phenoxy) is 2. The summed E-state index contributed by atoms with van der Waals surface area (Å²) in [7, 11) is -5.10. The van der Waals surface area contributed by atoms with Gasteiger partial charge < -0.3 is 28.3 Å². The molecule has 8 nitrogen and oxygen atoms in total. The van der Waals surface area contributed by atoms with Crippen molar-refractivity contribution in [1.29, 1.82) is 0 Å². The van der Waals surface area contributed by atoms with Crippen LogP contribution in [0.1, 0.15) is 148 Å². The van der Waals surface area contributed by atoms with Crippen molar-refractivity contribution in [3.63, 3.8) is 0 Å². The average Bonchev–Trinajstić information content (AvgIpc) is 2.92. The number of esters is 1. The van der Waals surface area contributed by atoms with Gasteiger partial charge in [-0.25, -0.2) is 0 Å². The van der Waals surface area contributed by atoms with Crippen LogP contribution in [0.3, 0.4) is 0 Å². The molecule has 0 aliphatic carbocycles. The van der Waals surface area contributed by atoms with Crippen LogP contribution in [0.25, 0.3) is 0 Å². The van der Waals surface area contributed by atoms with Crippen LogP contribution in [0.4, 0.5) is 0 Å². The van der Waals surface area contributed by atoms with Crippen molar-refractivity contribution in [2.24, 2.45) is 0 Å². The Morgan fingerprint density at radius 2 is 1.19 bits per heavy atom. The van der Waals surface area contributed by atoms with Crippen LogP contribution < -0.4 is 68.9 Å². The van der Waals surface area contributed by atoms with Crippen LogP contribution in [0, 0.1) is 0 Å². The summed E-state index contributed by atoms with van der Waals surface area (Å²) in [6, 6.07) is 0. The van der Waals surface area contributed by atoms with Gasteiger partial charge in [-0.1, -0.05) is 122 Å². The van der Waals surface area contributed by atoms with Gasteiger partial charge in [-0.05, 0) is 25.0 Å². The molecular formula is C30H57Na2O8PS. The molecule has 238 valence electrons. The fraction of sp³-hybridized carbons (Fsp3) is 0.933. The van der Waals surface area contributed by atoms with Gasteiger partial charge in [0, 0.05) is 12.2 Å². The normalized spacial score (nSPS) is 11.8. The maximum Gasteiger partial charge on any atom is 1.00 e. The van der Waals surface area contributed by atoms with Crippen LogP contribution in [-0.2, 0) is 28.2 Å². The predicted molar refractivity (Wildman–Crippen MR) is 160 cm³/mol. The van der Waals surface area contributed by atoms with E-state index in [-0.39, 0.29) is 65.1 Å². The third kappa shape index (κ3) is 39.4. The zero-order valence-corrected chi connectivity index (χ0v) is 32.9. The monoisotopic (exact) mass is 654 g/mol. The molecule has 0 heterocycles. The van der Waals surface area contributed by atoms with Gasteiger partial charge in [-0.15, -0.1) is 0 Å². The summed E-state index contributed by atoms with van der Waals surface area (Å²) in [5.41, 5.74) is 0. The fourth-order valence-corrected chi connectivity index (χ4v) is 5.89. The Morgan fingerprint density at radius 1 is 0.738 bits per heavy atom. The summed E-state index contributed by atoms with van der Waals surface area (Å²) in [6.07, 6.45) is 24.2. The van der Waals surface area contributed by atoms with Gasteiger partial charge in [0.25, 0.3) is 6.47 Å². The van der Waals surface area contributed by atoms with E-state index in [4.69, 9.17) is 4.74 Å². The second kappa shape index (κ2) is 36.9. The first kappa shape index (κ1) is 47.8. The number of phosphoric ester groups is 1. The summed E-state index contributed by atoms with van der Waals surface area (Å²) in [5.74, 6) is 0.954. The molecule has 0 spiro atoms. The van der Waals surface area contributed by atoms with E-state index >= 15 is 0 Å². The molecule has 0 radical (unpaired) electrons. The predicted octanol–water partition coefficient (Wildman–Crippen LogP) is 1.26. The van der Waals surface area contributed by atoms with Crippen molar-refractivity contribution in [2.75, 3.05) is 24.7 Å². The molecule has 0 aliphatic heterocycles. The van der Waals surface area contributed by atoms with Crippen molar-refractivity contribution >= 4 is 32.0 Å². The Balaban J connectivity index is -0.00000760. The summed E-state index contributed by atoms with van der Waals surface area (Å²) < 4.78 is 25.5. The van der Waals surface area contributed by atoms with Gasteiger partial charge in [-0.2, -0.15) is 11.8 Å². The van der Waals surface area contributed by atoms with Gasteiger partial charge in [0.05, 0.1) is 21.0 Å². The van der Waals surface area contributed by atoms with Crippen molar-refractivity contribution in [2.45, 2.75) is 154 Å². The zero-order chi connectivity index (χ0) is 29.6. The largest absolute Gasteiger partial charge is 1.00 e. The van der Waals surface area contributed by atoms with Crippen LogP contribution in [-0.4, -0.2) is 43.3 Å². The van der Waals surface area contributed by atoms with Crippen LogP contribution in [0.5, 0.6) is 0 Å². The Bertz CT molecular complexity index is 628. The van der Waals surface area contributed by atoms with E-state index in [2.05, 4.69) is 16.2 Å². The first-order valence-corrected chi connectivity index (χ1v) is 18.5. The number of rotatable bonds is 32. The van der Waals surface area contributed by atoms with Gasteiger partial charge in [0.1, 0.15) is 6.10 Å². The molecule has 0 fully saturated rings. The zero-order valence-electron chi connectivity index (χ0n) is 27.2. The number of phosphoric acid groups is 1. The third-order valence-electron chi connectivity index (χ3n) is 6.87. The van der Waals surface area contributed by atoms with Gasteiger partial charge in [0.15, 0.2) is 0 Å². The van der Waals surface area contributed by atoms with Gasteiger partial charge in [0.2, 0.25) is 0 Å². The molecule has 0 aromatic heterocycles. The summed E-state index contributed by atoms with van der Waals surface area (Å²) in [4.78, 5) is 44.1. The fourth-order valence-electron chi connectivity index (χ4n) is 4.54. The SMILES string of the molecule is CCCCCCCCCCCCCC(=O)O[C@H](COP(=O)([O-])[O-])CSCCCCCCCCCCCCOC=O.[Na+].[Na+]. The second-order valence-electron chi connectivity index (χ2n) is 10.7. The number of carbonyl (C=O) groups is 2. The first-order chi connectivity index (χ1) is 19.4. The number of thioether (sulfide) groups is 1. The topological polar surface area (TPSA) is 125 Å². The standard InChI is InChI=1S/C30H59O8PS.2Na/c1-2-3-4-5-6-7-8-11-14-17-20-23-30(32)38-29(26-37-39(33,34)35)27-40-25-22-19-16-13-10-9-12-15-18-21-24-36-28-31;;/h28-29H,2-27H2,1H3,(H2,33,34,35);;/q;2*+1/p-2/t29-;;/m1../s1. The summed E-state index contributed by atoms with van der Waals surface area (Å²) >= 11 is 1.60. The van der Waals surface area contributed by atoms with Crippen molar-refractivity contribution in [1.82, 2.24) is 0 Å². The molecule has 0 amide bonds. The first-order valence-electron chi connectivity index (χ1n) is 15.9. The van der Waals surface area contributed by atoms with E-state index < -0.39 is 20.5 Å². The number of hydrogen-bond acceptors (Lipinski definition) is 9. The maximum absolute atomic E-state index is 12.3. The van der Waals surface area contributed by atoms with Crippen LogP contribution >= 0.6 is 19.6 Å². The molecule has 0 rings (SSSR count). The van der Waals surface area contributed by atoms with E-state index in [1.165, 1.54) is 89.9 Å². The van der Waals surface area contributed by atoms with Gasteiger partial charge >= 0.3 is 65.1 Å². The number of hydrogen-bond donors (Lipinski definition) is 0. The van der Waals surface area contributed by atoms with Crippen LogP contribution in [0.15, 0.2) is 0 Å². The molecule has 42 heavy (non-hydrogen) atoms. The minimum absolute atomic E-state index is 0. The third-order valence-corrected chi connectivity index (χ3v) is 8.52. The molecule has 12 heteroatoms. The maximum atomic E-state index is 12.3. The Labute approximate surface area is 305 Å². The molecule has 0 unspecified atom stereocenters. The average molecular weight is 655 g/mol. The van der Waals surface area contributed by atoms with Crippen LogP contribution in [0.2, 0.25) is 0 Å². The summed E-state index contributed by atoms with van der Waals surface area (Å²) in [5, 5.41) is 0. The Kier molecular flexibility index (Phi) is 42.0. The molecule has 0 saturated heterocycles. The van der Waals surface area contributed by atoms with E-state index in [0.717, 1.165) is 50.7 Å². The van der Waals surface area contributed by atoms with Crippen molar-refractivity contribution in [3.05, 3.63) is 0 Å². The number of carbonyl (C=O) groups excluding carboxylic acids is 2. The molecular weight excluding hydrogens is 597 g/mol. The smallest absolute Gasteiger partial charge is 0.790 e. The van der Waals surface area contributed by atoms with E-state index in [9.17, 15) is 23.9 Å². The summed E-state index contributed by atoms with van der Waals surface area (Å²) in [6.45, 7) is 2.85. The molecule has 0 aromatic rings. The molecule has 0 aromatic carbocycles. The minimum Gasteiger partial charge on any atom is -0.790 e. The second-order valence-corrected chi connectivity index (χ2v) is 13.0. The quantitative estimate of drug-likeness (QED) is 0.0347. The van der Waals surface area contributed by atoms with E-state index in [1.54, 1.807) is 11.8 Å². The van der Waals surface area contributed by atoms with Gasteiger partial charge in [-0.3, -0.25) is 9.59 Å². The molecule has 0 saturated carbocycles. The number of unbranched alkanes of at least 4 members (excludes halogenated alkanes) is 19. The molecule has 1 atom stereocenters. The Morgan fingerprint density at radius 3 is 1.67 bits per heavy atom. The van der Waals surface area contributed by atoms with Crippen molar-refractivity contribution < 1.29 is 97.1 Å². The van der Waals surface area contributed by atoms with E-state index in [0.29, 0.717) is 25.3 Å². The van der Waals surface area contributed by atoms with Crippen molar-refractivity contribution in [3.8, 4) is 0 Å². The molecule has 0 aliphatic rings. The molecule has 0 bridgehead atoms. The Hall–Kier alpha value is 1.40. The van der Waals surface area contributed by atoms with E-state index in [1.807, 2.05) is 0 Å². The minimum atomic E-state index is -5.10.